The Labute approximate surface area is 613 Å². The molecule has 0 radical (unpaired) electrons. The molecule has 594 valence electrons. The van der Waals surface area contributed by atoms with E-state index in [1.165, 1.54) is 244 Å². The summed E-state index contributed by atoms with van der Waals surface area (Å²) in [5.74, 6) is -0.601. The molecule has 0 aliphatic carbocycles. The topological polar surface area (TPSA) is 237 Å². The monoisotopic (exact) mass is 1470 g/mol. The molecule has 0 bridgehead atoms. The van der Waals surface area contributed by atoms with Crippen molar-refractivity contribution in [3.63, 3.8) is 0 Å². The zero-order valence-corrected chi connectivity index (χ0v) is 67.3. The van der Waals surface area contributed by atoms with Gasteiger partial charge >= 0.3 is 39.5 Å². The highest BCUT2D eigenvalue weighted by Gasteiger charge is 2.30. The van der Waals surface area contributed by atoms with Gasteiger partial charge in [-0.3, -0.25) is 37.3 Å². The number of hydrogen-bond donors (Lipinski definition) is 3. The predicted molar refractivity (Wildman–Crippen MR) is 409 cm³/mol. The Morgan fingerprint density at radius 2 is 0.460 bits per heavy atom. The molecule has 19 heteroatoms. The summed E-state index contributed by atoms with van der Waals surface area (Å²) in [6.45, 7) is 9.61. The average Bonchev–Trinajstić information content (AvgIpc) is 0.991. The summed E-state index contributed by atoms with van der Waals surface area (Å²) < 4.78 is 68.7. The molecule has 0 aromatic heterocycles. The average molecular weight is 1470 g/mol. The molecule has 0 heterocycles. The Hall–Kier alpha value is -1.94. The van der Waals surface area contributed by atoms with E-state index < -0.39 is 97.5 Å². The van der Waals surface area contributed by atoms with Crippen molar-refractivity contribution in [3.8, 4) is 0 Å². The highest BCUT2D eigenvalue weighted by Crippen LogP contribution is 2.45. The summed E-state index contributed by atoms with van der Waals surface area (Å²) in [5, 5.41) is 10.6. The molecule has 0 aromatic rings. The number of aliphatic hydroxyl groups is 1. The second kappa shape index (κ2) is 72.6. The molecular weight excluding hydrogens is 1310 g/mol. The largest absolute Gasteiger partial charge is 0.472 e. The van der Waals surface area contributed by atoms with Gasteiger partial charge in [-0.2, -0.15) is 0 Å². The predicted octanol–water partition coefficient (Wildman–Crippen LogP) is 24.3. The summed E-state index contributed by atoms with van der Waals surface area (Å²) in [5.41, 5.74) is 0. The second-order valence-electron chi connectivity index (χ2n) is 30.1. The number of aliphatic hydroxyl groups excluding tert-OH is 1. The van der Waals surface area contributed by atoms with Crippen LogP contribution in [0.25, 0.3) is 0 Å². The van der Waals surface area contributed by atoms with Crippen molar-refractivity contribution in [3.05, 3.63) is 0 Å². The van der Waals surface area contributed by atoms with Crippen molar-refractivity contribution < 1.29 is 80.2 Å². The van der Waals surface area contributed by atoms with Crippen molar-refractivity contribution in [2.24, 2.45) is 11.8 Å². The van der Waals surface area contributed by atoms with Gasteiger partial charge in [0.1, 0.15) is 19.3 Å². The van der Waals surface area contributed by atoms with Gasteiger partial charge in [-0.1, -0.05) is 375 Å². The molecule has 0 spiro atoms. The highest BCUT2D eigenvalue weighted by molar-refractivity contribution is 7.47. The lowest BCUT2D eigenvalue weighted by molar-refractivity contribution is -0.161. The van der Waals surface area contributed by atoms with Crippen molar-refractivity contribution in [1.29, 1.82) is 0 Å². The van der Waals surface area contributed by atoms with Crippen LogP contribution in [0.4, 0.5) is 0 Å². The van der Waals surface area contributed by atoms with Gasteiger partial charge in [0.15, 0.2) is 12.2 Å². The van der Waals surface area contributed by atoms with Crippen molar-refractivity contribution in [2.45, 2.75) is 445 Å². The van der Waals surface area contributed by atoms with E-state index in [4.69, 9.17) is 37.0 Å². The maximum Gasteiger partial charge on any atom is 0.472 e. The van der Waals surface area contributed by atoms with Crippen LogP contribution in [0.5, 0.6) is 0 Å². The molecule has 0 amide bonds. The molecule has 0 aliphatic heterocycles. The number of phosphoric ester groups is 2. The lowest BCUT2D eigenvalue weighted by atomic mass is 10.0. The van der Waals surface area contributed by atoms with E-state index in [9.17, 15) is 43.2 Å². The molecular formula is C81H158O17P2. The number of carbonyl (C=O) groups is 4. The number of hydrogen-bond acceptors (Lipinski definition) is 15. The van der Waals surface area contributed by atoms with Gasteiger partial charge in [0.25, 0.3) is 0 Å². The molecule has 0 saturated carbocycles. The molecule has 2 unspecified atom stereocenters. The fourth-order valence-electron chi connectivity index (χ4n) is 12.5. The third kappa shape index (κ3) is 74.3. The summed E-state index contributed by atoms with van der Waals surface area (Å²) in [4.78, 5) is 73.0. The van der Waals surface area contributed by atoms with Crippen LogP contribution >= 0.6 is 15.6 Å². The molecule has 0 fully saturated rings. The lowest BCUT2D eigenvalue weighted by Crippen LogP contribution is -2.30. The zero-order valence-electron chi connectivity index (χ0n) is 65.5. The Morgan fingerprint density at radius 1 is 0.270 bits per heavy atom. The van der Waals surface area contributed by atoms with Gasteiger partial charge in [-0.05, 0) is 37.5 Å². The SMILES string of the molecule is CCCCCCCCCCCCCCCCCCCCCCCC(=O)O[C@H](COC(=O)CCCCCCCCCCCCCCC(C)C)COP(=O)(O)OC[C@@H](O)COP(=O)(O)OC[C@@H](COC(=O)CCCCCCCCCCC(C)C)OC(=O)CCCCCCCCCCCCCCC. The van der Waals surface area contributed by atoms with Crippen LogP contribution in [-0.4, -0.2) is 96.7 Å². The van der Waals surface area contributed by atoms with Crippen LogP contribution < -0.4 is 0 Å². The van der Waals surface area contributed by atoms with Crippen molar-refractivity contribution in [1.82, 2.24) is 0 Å². The molecule has 3 N–H and O–H groups in total. The molecule has 17 nitrogen and oxygen atoms in total. The van der Waals surface area contributed by atoms with E-state index in [2.05, 4.69) is 41.5 Å². The minimum Gasteiger partial charge on any atom is -0.462 e. The summed E-state index contributed by atoms with van der Waals surface area (Å²) in [7, 11) is -9.92. The standard InChI is InChI=1S/C81H158O17P2/c1-7-9-11-13-15-17-19-21-22-23-24-25-26-27-28-30-36-40-48-54-60-66-81(86)97-76(69-91-78(83)63-57-51-45-38-34-32-31-33-37-43-49-55-61-73(3)4)71-95-99(87,88)93-67-75(82)68-94-100(89,90)96-72-77(70-92-79(84)64-58-52-46-42-41-44-50-56-62-74(5)6)98-80(85)65-59-53-47-39-35-29-20-18-16-14-12-10-8-2/h73-77,82H,7-72H2,1-6H3,(H,87,88)(H,89,90)/t75-,76-,77-/m1/s1. The van der Waals surface area contributed by atoms with Crippen molar-refractivity contribution in [2.75, 3.05) is 39.6 Å². The van der Waals surface area contributed by atoms with E-state index >= 15 is 0 Å². The fraction of sp³-hybridized carbons (Fsp3) is 0.951. The van der Waals surface area contributed by atoms with Gasteiger partial charge in [-0.15, -0.1) is 0 Å². The first-order valence-electron chi connectivity index (χ1n) is 42.0. The normalized spacial score (nSPS) is 13.9. The van der Waals surface area contributed by atoms with Crippen LogP contribution in [0, 0.1) is 11.8 Å². The fourth-order valence-corrected chi connectivity index (χ4v) is 14.1. The molecule has 100 heavy (non-hydrogen) atoms. The van der Waals surface area contributed by atoms with Crippen LogP contribution in [0.2, 0.25) is 0 Å². The molecule has 5 atom stereocenters. The van der Waals surface area contributed by atoms with E-state index in [1.807, 2.05) is 0 Å². The van der Waals surface area contributed by atoms with Gasteiger partial charge in [0.05, 0.1) is 26.4 Å². The third-order valence-corrected chi connectivity index (χ3v) is 20.9. The van der Waals surface area contributed by atoms with E-state index in [0.717, 1.165) is 102 Å². The van der Waals surface area contributed by atoms with Crippen molar-refractivity contribution >= 4 is 39.5 Å². The minimum atomic E-state index is -4.96. The highest BCUT2D eigenvalue weighted by atomic mass is 31.2. The van der Waals surface area contributed by atoms with Gasteiger partial charge < -0.3 is 33.8 Å². The van der Waals surface area contributed by atoms with E-state index in [1.54, 1.807) is 0 Å². The van der Waals surface area contributed by atoms with E-state index in [-0.39, 0.29) is 25.7 Å². The van der Waals surface area contributed by atoms with Crippen LogP contribution in [0.15, 0.2) is 0 Å². The Bertz CT molecular complexity index is 1920. The Morgan fingerprint density at radius 3 is 0.680 bits per heavy atom. The van der Waals surface area contributed by atoms with E-state index in [0.29, 0.717) is 25.7 Å². The van der Waals surface area contributed by atoms with Crippen LogP contribution in [0.1, 0.15) is 427 Å². The number of carbonyl (C=O) groups excluding carboxylic acids is 4. The Balaban J connectivity index is 5.23. The molecule has 0 rings (SSSR count). The molecule has 0 aromatic carbocycles. The number of unbranched alkanes of at least 4 members (excludes halogenated alkanes) is 50. The summed E-state index contributed by atoms with van der Waals surface area (Å²) in [6, 6.07) is 0. The second-order valence-corrected chi connectivity index (χ2v) is 33.0. The number of ether oxygens (including phenoxy) is 4. The maximum atomic E-state index is 13.1. The summed E-state index contributed by atoms with van der Waals surface area (Å²) in [6.07, 6.45) is 62.5. The number of phosphoric acid groups is 2. The smallest absolute Gasteiger partial charge is 0.462 e. The Kier molecular flexibility index (Phi) is 71.2. The first-order valence-corrected chi connectivity index (χ1v) is 45.0. The zero-order chi connectivity index (χ0) is 73.5. The third-order valence-electron chi connectivity index (χ3n) is 19.0. The van der Waals surface area contributed by atoms with Gasteiger partial charge in [0, 0.05) is 25.7 Å². The first kappa shape index (κ1) is 98.1. The minimum absolute atomic E-state index is 0.107. The number of rotatable bonds is 80. The molecule has 0 aliphatic rings. The number of esters is 4. The van der Waals surface area contributed by atoms with Gasteiger partial charge in [-0.25, -0.2) is 9.13 Å². The summed E-state index contributed by atoms with van der Waals surface area (Å²) >= 11 is 0. The van der Waals surface area contributed by atoms with Gasteiger partial charge in [0.2, 0.25) is 0 Å². The molecule has 0 saturated heterocycles. The van der Waals surface area contributed by atoms with Crippen LogP contribution in [0.3, 0.4) is 0 Å². The van der Waals surface area contributed by atoms with Crippen LogP contribution in [-0.2, 0) is 65.4 Å². The lowest BCUT2D eigenvalue weighted by Gasteiger charge is -2.21. The maximum absolute atomic E-state index is 13.1. The first-order chi connectivity index (χ1) is 48.4. The quantitative estimate of drug-likeness (QED) is 0.0222.